The number of rotatable bonds is 5. The van der Waals surface area contributed by atoms with E-state index >= 15 is 0 Å². The second kappa shape index (κ2) is 5.48. The number of nitrogens with one attached hydrogen (secondary N) is 2. The topological polar surface area (TPSA) is 81.6 Å². The molecule has 0 aromatic carbocycles. The lowest BCUT2D eigenvalue weighted by atomic mass is 9.83. The Labute approximate surface area is 101 Å². The van der Waals surface area contributed by atoms with Gasteiger partial charge in [-0.05, 0) is 19.8 Å². The summed E-state index contributed by atoms with van der Waals surface area (Å²) in [5.41, 5.74) is 0.968. The molecular formula is C12H18N4O. The maximum Gasteiger partial charge on any atom is 0.240 e. The number of nitrogens with zero attached hydrogens (tertiary/aromatic N) is 2. The van der Waals surface area contributed by atoms with Crippen LogP contribution in [0.2, 0.25) is 0 Å². The number of hydrogen-bond acceptors (Lipinski definition) is 3. The predicted octanol–water partition coefficient (Wildman–Crippen LogP) is 1.66. The molecule has 0 fully saturated rings. The third-order valence-corrected chi connectivity index (χ3v) is 3.23. The number of H-pyrrole nitrogens is 1. The normalized spacial score (nSPS) is 10.9. The minimum absolute atomic E-state index is 0.203. The summed E-state index contributed by atoms with van der Waals surface area (Å²) < 4.78 is 0. The van der Waals surface area contributed by atoms with Crippen LogP contribution in [0.3, 0.4) is 0 Å². The first-order valence-corrected chi connectivity index (χ1v) is 5.78. The first-order chi connectivity index (χ1) is 8.09. The van der Waals surface area contributed by atoms with Crippen molar-refractivity contribution in [3.8, 4) is 6.07 Å². The van der Waals surface area contributed by atoms with Gasteiger partial charge in [0.05, 0.1) is 12.3 Å². The molecule has 1 amide bonds. The van der Waals surface area contributed by atoms with Crippen molar-refractivity contribution >= 4 is 5.91 Å². The van der Waals surface area contributed by atoms with E-state index in [1.165, 1.54) is 0 Å². The Morgan fingerprint density at radius 2 is 2.24 bits per heavy atom. The molecule has 0 saturated heterocycles. The smallest absolute Gasteiger partial charge is 0.240 e. The Bertz CT molecular complexity index is 426. The zero-order valence-electron chi connectivity index (χ0n) is 10.5. The molecule has 2 N–H and O–H groups in total. The number of carbonyl (C=O) groups excluding carboxylic acids is 1. The van der Waals surface area contributed by atoms with Crippen molar-refractivity contribution in [2.45, 2.75) is 40.2 Å². The predicted molar refractivity (Wildman–Crippen MR) is 63.8 cm³/mol. The highest BCUT2D eigenvalue weighted by atomic mass is 16.2. The molecule has 0 spiro atoms. The maximum absolute atomic E-state index is 12.0. The lowest BCUT2D eigenvalue weighted by Crippen LogP contribution is -2.39. The number of aromatic amines is 1. The van der Waals surface area contributed by atoms with Gasteiger partial charge in [-0.3, -0.25) is 9.89 Å². The Morgan fingerprint density at radius 3 is 2.65 bits per heavy atom. The molecule has 5 nitrogen and oxygen atoms in total. The summed E-state index contributed by atoms with van der Waals surface area (Å²) in [6.45, 7) is 6.01. The van der Waals surface area contributed by atoms with Gasteiger partial charge in [0.25, 0.3) is 0 Å². The molecule has 0 atom stereocenters. The van der Waals surface area contributed by atoms with E-state index in [-0.39, 0.29) is 5.91 Å². The van der Waals surface area contributed by atoms with E-state index in [2.05, 4.69) is 21.6 Å². The van der Waals surface area contributed by atoms with Crippen LogP contribution in [0.5, 0.6) is 0 Å². The van der Waals surface area contributed by atoms with E-state index in [4.69, 9.17) is 5.26 Å². The lowest BCUT2D eigenvalue weighted by molar-refractivity contribution is -0.128. The number of hydrogen-bond donors (Lipinski definition) is 2. The Kier molecular flexibility index (Phi) is 4.27. The molecule has 5 heteroatoms. The Morgan fingerprint density at radius 1 is 1.59 bits per heavy atom. The minimum atomic E-state index is -0.905. The summed E-state index contributed by atoms with van der Waals surface area (Å²) in [6, 6.07) is 2.12. The summed E-state index contributed by atoms with van der Waals surface area (Å²) in [5.74, 6) is -0.203. The van der Waals surface area contributed by atoms with Crippen molar-refractivity contribution < 1.29 is 4.79 Å². The summed E-state index contributed by atoms with van der Waals surface area (Å²) in [7, 11) is 0. The number of amides is 1. The van der Waals surface area contributed by atoms with E-state index in [1.54, 1.807) is 6.20 Å². The monoisotopic (exact) mass is 234 g/mol. The zero-order chi connectivity index (χ0) is 12.9. The zero-order valence-corrected chi connectivity index (χ0v) is 10.5. The molecule has 1 aromatic heterocycles. The standard InChI is InChI=1S/C12H18N4O/c1-4-12(5-2,8-13)11(17)14-6-10-7-15-16-9(10)3/h7H,4-6H2,1-3H3,(H,14,17)(H,15,16). The number of aryl methyl sites for hydroxylation is 1. The molecule has 1 aromatic rings. The first-order valence-electron chi connectivity index (χ1n) is 5.78. The Hall–Kier alpha value is -1.83. The van der Waals surface area contributed by atoms with E-state index in [0.29, 0.717) is 19.4 Å². The van der Waals surface area contributed by atoms with Crippen LogP contribution in [0.4, 0.5) is 0 Å². The van der Waals surface area contributed by atoms with E-state index in [0.717, 1.165) is 11.3 Å². The van der Waals surface area contributed by atoms with Gasteiger partial charge < -0.3 is 5.32 Å². The van der Waals surface area contributed by atoms with Crippen molar-refractivity contribution in [1.29, 1.82) is 5.26 Å². The van der Waals surface area contributed by atoms with E-state index in [1.807, 2.05) is 20.8 Å². The Balaban J connectivity index is 2.67. The number of nitriles is 1. The van der Waals surface area contributed by atoms with Crippen LogP contribution >= 0.6 is 0 Å². The summed E-state index contributed by atoms with van der Waals surface area (Å²) >= 11 is 0. The van der Waals surface area contributed by atoms with Gasteiger partial charge in [0.2, 0.25) is 5.91 Å². The number of aromatic nitrogens is 2. The summed E-state index contributed by atoms with van der Waals surface area (Å²) in [5, 5.41) is 18.6. The lowest BCUT2D eigenvalue weighted by Gasteiger charge is -2.21. The van der Waals surface area contributed by atoms with Crippen LogP contribution in [0.15, 0.2) is 6.20 Å². The van der Waals surface area contributed by atoms with Gasteiger partial charge >= 0.3 is 0 Å². The highest BCUT2D eigenvalue weighted by Crippen LogP contribution is 2.25. The number of carbonyl (C=O) groups is 1. The molecule has 0 radical (unpaired) electrons. The van der Waals surface area contributed by atoms with Crippen molar-refractivity contribution in [1.82, 2.24) is 15.5 Å². The molecule has 1 rings (SSSR count). The first kappa shape index (κ1) is 13.2. The molecule has 1 heterocycles. The van der Waals surface area contributed by atoms with Crippen molar-refractivity contribution in [3.05, 3.63) is 17.5 Å². The van der Waals surface area contributed by atoms with Gasteiger partial charge in [-0.25, -0.2) is 0 Å². The van der Waals surface area contributed by atoms with Crippen LogP contribution in [0, 0.1) is 23.7 Å². The third-order valence-electron chi connectivity index (χ3n) is 3.23. The molecule has 0 unspecified atom stereocenters. The van der Waals surface area contributed by atoms with E-state index in [9.17, 15) is 4.79 Å². The fraction of sp³-hybridized carbons (Fsp3) is 0.583. The molecule has 0 bridgehead atoms. The van der Waals surface area contributed by atoms with Crippen LogP contribution in [0.25, 0.3) is 0 Å². The van der Waals surface area contributed by atoms with Gasteiger partial charge in [0.15, 0.2) is 0 Å². The highest BCUT2D eigenvalue weighted by molar-refractivity contribution is 5.85. The molecule has 92 valence electrons. The summed E-state index contributed by atoms with van der Waals surface area (Å²) in [6.07, 6.45) is 2.73. The van der Waals surface area contributed by atoms with Crippen molar-refractivity contribution in [2.75, 3.05) is 0 Å². The quantitative estimate of drug-likeness (QED) is 0.813. The summed E-state index contributed by atoms with van der Waals surface area (Å²) in [4.78, 5) is 12.0. The molecule has 0 aliphatic rings. The van der Waals surface area contributed by atoms with Gasteiger partial charge in [-0.1, -0.05) is 13.8 Å². The van der Waals surface area contributed by atoms with Crippen molar-refractivity contribution in [3.63, 3.8) is 0 Å². The molecule has 0 aliphatic carbocycles. The van der Waals surface area contributed by atoms with Crippen LogP contribution in [0.1, 0.15) is 37.9 Å². The van der Waals surface area contributed by atoms with Crippen LogP contribution in [-0.2, 0) is 11.3 Å². The maximum atomic E-state index is 12.0. The van der Waals surface area contributed by atoms with Gasteiger partial charge in [0, 0.05) is 17.8 Å². The van der Waals surface area contributed by atoms with Gasteiger partial charge in [-0.2, -0.15) is 10.4 Å². The van der Waals surface area contributed by atoms with Crippen molar-refractivity contribution in [2.24, 2.45) is 5.41 Å². The highest BCUT2D eigenvalue weighted by Gasteiger charge is 2.34. The van der Waals surface area contributed by atoms with Gasteiger partial charge in [0.1, 0.15) is 5.41 Å². The molecular weight excluding hydrogens is 216 g/mol. The van der Waals surface area contributed by atoms with Crippen LogP contribution in [-0.4, -0.2) is 16.1 Å². The van der Waals surface area contributed by atoms with Gasteiger partial charge in [-0.15, -0.1) is 0 Å². The molecule has 17 heavy (non-hydrogen) atoms. The second-order valence-electron chi connectivity index (χ2n) is 4.10. The third kappa shape index (κ3) is 2.64. The van der Waals surface area contributed by atoms with Crippen LogP contribution < -0.4 is 5.32 Å². The fourth-order valence-electron chi connectivity index (χ4n) is 1.68. The average Bonchev–Trinajstić information content (AvgIpc) is 2.75. The van der Waals surface area contributed by atoms with E-state index < -0.39 is 5.41 Å². The average molecular weight is 234 g/mol. The minimum Gasteiger partial charge on any atom is -0.351 e. The fourth-order valence-corrected chi connectivity index (χ4v) is 1.68. The SMILES string of the molecule is CCC(C#N)(CC)C(=O)NCc1cn[nH]c1C. The molecule has 0 saturated carbocycles. The second-order valence-corrected chi connectivity index (χ2v) is 4.10. The largest absolute Gasteiger partial charge is 0.351 e. The molecule has 0 aliphatic heterocycles.